The van der Waals surface area contributed by atoms with Crippen LogP contribution in [0.5, 0.6) is 0 Å². The van der Waals surface area contributed by atoms with Crippen molar-refractivity contribution in [3.05, 3.63) is 22.5 Å². The summed E-state index contributed by atoms with van der Waals surface area (Å²) < 4.78 is 10.7. The molecule has 0 saturated carbocycles. The fraction of sp³-hybridized carbons (Fsp3) is 0.467. The molecule has 0 aromatic carbocycles. The Bertz CT molecular complexity index is 659. The first-order valence-corrected chi connectivity index (χ1v) is 7.01. The van der Waals surface area contributed by atoms with Gasteiger partial charge in [0, 0.05) is 5.69 Å². The van der Waals surface area contributed by atoms with Crippen LogP contribution in [0.3, 0.4) is 0 Å². The summed E-state index contributed by atoms with van der Waals surface area (Å²) >= 11 is 0. The second-order valence-corrected chi connectivity index (χ2v) is 4.82. The first-order chi connectivity index (χ1) is 10.7. The molecule has 1 aromatic rings. The molecule has 0 spiro atoms. The summed E-state index contributed by atoms with van der Waals surface area (Å²) in [4.78, 5) is 46.9. The van der Waals surface area contributed by atoms with Crippen molar-refractivity contribution in [3.8, 4) is 0 Å². The smallest absolute Gasteiger partial charge is 0.340 e. The van der Waals surface area contributed by atoms with Crippen LogP contribution in [0.1, 0.15) is 52.4 Å². The summed E-state index contributed by atoms with van der Waals surface area (Å²) in [5, 5.41) is 0. The van der Waals surface area contributed by atoms with Crippen molar-refractivity contribution in [1.82, 2.24) is 4.68 Å². The molecule has 0 aliphatic rings. The topological polar surface area (TPSA) is 104 Å². The zero-order valence-electron chi connectivity index (χ0n) is 13.8. The standard InChI is InChI=1S/C15H20N2O6/c1-6-23-12(20)7-11(19)16-17-8(2)13(10(4)18)14(9(17)3)15(21)22-5/h6-7H2,1-5H3,(H,16,19). The molecule has 1 heterocycles. The molecule has 0 bridgehead atoms. The van der Waals surface area contributed by atoms with E-state index in [-0.39, 0.29) is 23.5 Å². The molecule has 0 aliphatic carbocycles. The van der Waals surface area contributed by atoms with E-state index in [0.29, 0.717) is 11.4 Å². The number of aromatic nitrogens is 1. The molecule has 1 amide bonds. The van der Waals surface area contributed by atoms with Gasteiger partial charge in [-0.2, -0.15) is 0 Å². The normalized spacial score (nSPS) is 10.1. The van der Waals surface area contributed by atoms with Crippen LogP contribution in [0.4, 0.5) is 0 Å². The van der Waals surface area contributed by atoms with Gasteiger partial charge in [-0.1, -0.05) is 0 Å². The number of ketones is 1. The number of rotatable bonds is 6. The number of amides is 1. The summed E-state index contributed by atoms with van der Waals surface area (Å²) in [5.74, 6) is -2.28. The molecule has 126 valence electrons. The van der Waals surface area contributed by atoms with Crippen molar-refractivity contribution in [2.75, 3.05) is 19.1 Å². The third-order valence-corrected chi connectivity index (χ3v) is 3.23. The molecular weight excluding hydrogens is 304 g/mol. The van der Waals surface area contributed by atoms with Gasteiger partial charge in [0.05, 0.1) is 30.5 Å². The van der Waals surface area contributed by atoms with E-state index in [1.807, 2.05) is 0 Å². The molecule has 0 atom stereocenters. The van der Waals surface area contributed by atoms with Crippen molar-refractivity contribution >= 4 is 23.6 Å². The fourth-order valence-electron chi connectivity index (χ4n) is 2.29. The Morgan fingerprint density at radius 1 is 1.09 bits per heavy atom. The van der Waals surface area contributed by atoms with Crippen molar-refractivity contribution in [3.63, 3.8) is 0 Å². The summed E-state index contributed by atoms with van der Waals surface area (Å²) in [6.07, 6.45) is -0.464. The van der Waals surface area contributed by atoms with Crippen molar-refractivity contribution in [1.29, 1.82) is 0 Å². The number of hydrogen-bond donors (Lipinski definition) is 1. The Morgan fingerprint density at radius 3 is 2.13 bits per heavy atom. The number of nitrogens with one attached hydrogen (secondary N) is 1. The second kappa shape index (κ2) is 7.57. The van der Waals surface area contributed by atoms with Gasteiger partial charge in [0.2, 0.25) is 5.91 Å². The third-order valence-electron chi connectivity index (χ3n) is 3.23. The highest BCUT2D eigenvalue weighted by Crippen LogP contribution is 2.23. The molecule has 0 radical (unpaired) electrons. The van der Waals surface area contributed by atoms with E-state index in [1.54, 1.807) is 20.8 Å². The zero-order valence-corrected chi connectivity index (χ0v) is 13.8. The van der Waals surface area contributed by atoms with E-state index in [0.717, 1.165) is 0 Å². The molecule has 1 N–H and O–H groups in total. The zero-order chi connectivity index (χ0) is 17.7. The number of hydrogen-bond acceptors (Lipinski definition) is 6. The minimum atomic E-state index is -0.672. The van der Waals surface area contributed by atoms with Crippen LogP contribution in [-0.4, -0.2) is 42.0 Å². The van der Waals surface area contributed by atoms with Gasteiger partial charge in [-0.15, -0.1) is 0 Å². The van der Waals surface area contributed by atoms with Crippen LogP contribution in [-0.2, 0) is 19.1 Å². The summed E-state index contributed by atoms with van der Waals surface area (Å²) in [6, 6.07) is 0. The van der Waals surface area contributed by atoms with Gasteiger partial charge in [-0.3, -0.25) is 24.5 Å². The minimum absolute atomic E-state index is 0.0916. The van der Waals surface area contributed by atoms with Crippen molar-refractivity contribution in [2.24, 2.45) is 0 Å². The molecule has 0 saturated heterocycles. The first-order valence-electron chi connectivity index (χ1n) is 7.01. The third kappa shape index (κ3) is 3.97. The number of carbonyl (C=O) groups excluding carboxylic acids is 4. The molecule has 0 aliphatic heterocycles. The van der Waals surface area contributed by atoms with Crippen LogP contribution >= 0.6 is 0 Å². The quantitative estimate of drug-likeness (QED) is 0.478. The lowest BCUT2D eigenvalue weighted by molar-refractivity contribution is -0.145. The highest BCUT2D eigenvalue weighted by Gasteiger charge is 2.27. The first kappa shape index (κ1) is 18.4. The van der Waals surface area contributed by atoms with E-state index < -0.39 is 24.3 Å². The van der Waals surface area contributed by atoms with Gasteiger partial charge in [0.1, 0.15) is 6.42 Å². The largest absolute Gasteiger partial charge is 0.466 e. The Hall–Kier alpha value is -2.64. The van der Waals surface area contributed by atoms with Gasteiger partial charge in [-0.25, -0.2) is 4.79 Å². The SMILES string of the molecule is CCOC(=O)CC(=O)Nn1c(C)c(C(C)=O)c(C(=O)OC)c1C. The number of nitrogens with zero attached hydrogens (tertiary/aromatic N) is 1. The monoisotopic (exact) mass is 324 g/mol. The van der Waals surface area contributed by atoms with Gasteiger partial charge in [0.15, 0.2) is 5.78 Å². The van der Waals surface area contributed by atoms with Crippen LogP contribution < -0.4 is 5.43 Å². The summed E-state index contributed by atoms with van der Waals surface area (Å²) in [6.45, 7) is 6.28. The second-order valence-electron chi connectivity index (χ2n) is 4.82. The van der Waals surface area contributed by atoms with Crippen LogP contribution in [0.25, 0.3) is 0 Å². The maximum Gasteiger partial charge on any atom is 0.340 e. The Kier molecular flexibility index (Phi) is 6.06. The Balaban J connectivity index is 3.18. The van der Waals surface area contributed by atoms with Crippen molar-refractivity contribution in [2.45, 2.75) is 34.1 Å². The molecular formula is C15H20N2O6. The lowest BCUT2D eigenvalue weighted by Gasteiger charge is -2.11. The van der Waals surface area contributed by atoms with Crippen LogP contribution in [0.2, 0.25) is 0 Å². The van der Waals surface area contributed by atoms with Crippen molar-refractivity contribution < 1.29 is 28.7 Å². The number of esters is 2. The van der Waals surface area contributed by atoms with E-state index in [2.05, 4.69) is 10.2 Å². The number of methoxy groups -OCH3 is 1. The Labute approximate surface area is 133 Å². The molecule has 0 unspecified atom stereocenters. The fourth-order valence-corrected chi connectivity index (χ4v) is 2.29. The van der Waals surface area contributed by atoms with E-state index in [9.17, 15) is 19.2 Å². The van der Waals surface area contributed by atoms with E-state index in [4.69, 9.17) is 4.74 Å². The average Bonchev–Trinajstić information content (AvgIpc) is 2.71. The van der Waals surface area contributed by atoms with Gasteiger partial charge in [-0.05, 0) is 27.7 Å². The van der Waals surface area contributed by atoms with E-state index >= 15 is 0 Å². The molecule has 23 heavy (non-hydrogen) atoms. The highest BCUT2D eigenvalue weighted by molar-refractivity contribution is 6.07. The lowest BCUT2D eigenvalue weighted by Crippen LogP contribution is -2.27. The minimum Gasteiger partial charge on any atom is -0.466 e. The lowest BCUT2D eigenvalue weighted by atomic mass is 10.1. The maximum absolute atomic E-state index is 11.9. The molecule has 0 fully saturated rings. The number of ether oxygens (including phenoxy) is 2. The predicted molar refractivity (Wildman–Crippen MR) is 80.9 cm³/mol. The molecule has 1 aromatic heterocycles. The predicted octanol–water partition coefficient (Wildman–Crippen LogP) is 1.12. The van der Waals surface area contributed by atoms with Gasteiger partial charge < -0.3 is 9.47 Å². The highest BCUT2D eigenvalue weighted by atomic mass is 16.5. The molecule has 8 nitrogen and oxygen atoms in total. The van der Waals surface area contributed by atoms with Gasteiger partial charge in [0.25, 0.3) is 0 Å². The van der Waals surface area contributed by atoms with Crippen LogP contribution in [0, 0.1) is 13.8 Å². The van der Waals surface area contributed by atoms with E-state index in [1.165, 1.54) is 18.7 Å². The summed E-state index contributed by atoms with van der Waals surface area (Å²) in [5.41, 5.74) is 3.47. The van der Waals surface area contributed by atoms with Crippen LogP contribution in [0.15, 0.2) is 0 Å². The Morgan fingerprint density at radius 2 is 1.65 bits per heavy atom. The molecule has 1 rings (SSSR count). The number of Topliss-reactive ketones (excluding diaryl/α,β-unsaturated/α-hetero) is 1. The maximum atomic E-state index is 11.9. The average molecular weight is 324 g/mol. The summed E-state index contributed by atoms with van der Waals surface area (Å²) in [7, 11) is 1.21. The van der Waals surface area contributed by atoms with Gasteiger partial charge >= 0.3 is 11.9 Å². The number of carbonyl (C=O) groups is 4. The molecule has 8 heteroatoms.